The number of hydrogen-bond acceptors (Lipinski definition) is 6. The molecule has 2 aliphatic carbocycles. The van der Waals surface area contributed by atoms with Crippen LogP contribution in [-0.4, -0.2) is 45.7 Å². The Morgan fingerprint density at radius 2 is 1.57 bits per heavy atom. The first kappa shape index (κ1) is 37.4. The number of piperidine rings is 1. The third-order valence-corrected chi connectivity index (χ3v) is 10.8. The molecule has 1 saturated heterocycles. The van der Waals surface area contributed by atoms with Gasteiger partial charge in [0, 0.05) is 48.7 Å². The molecule has 2 aromatic heterocycles. The first-order valence-electron chi connectivity index (χ1n) is 18.1. The van der Waals surface area contributed by atoms with Gasteiger partial charge < -0.3 is 14.7 Å². The van der Waals surface area contributed by atoms with Crippen molar-refractivity contribution in [1.82, 2.24) is 15.0 Å². The van der Waals surface area contributed by atoms with Crippen LogP contribution in [0, 0.1) is 11.3 Å². The Kier molecular flexibility index (Phi) is 10.7. The molecule has 6 nitrogen and oxygen atoms in total. The van der Waals surface area contributed by atoms with Gasteiger partial charge in [-0.1, -0.05) is 39.8 Å². The normalized spacial score (nSPS) is 21.8. The van der Waals surface area contributed by atoms with E-state index in [4.69, 9.17) is 9.72 Å². The molecule has 0 unspecified atom stereocenters. The fourth-order valence-electron chi connectivity index (χ4n) is 8.03. The SMILES string of the molecule is CC(C)CCOc1cnc(N2CCC(c3nc4c(c(C5CCC(F)(F)CC5)c3[C@@H](F)c3ccc(C(F)(F)F)cc3)[C@@H](O)CC(C)(C)C4)CC2)nc1. The lowest BCUT2D eigenvalue weighted by molar-refractivity contribution is -0.137. The summed E-state index contributed by atoms with van der Waals surface area (Å²) >= 11 is 0. The number of aliphatic hydroxyl groups is 1. The Balaban J connectivity index is 1.37. The molecule has 3 aliphatic rings. The van der Waals surface area contributed by atoms with Crippen molar-refractivity contribution in [3.8, 4) is 5.75 Å². The van der Waals surface area contributed by atoms with Crippen molar-refractivity contribution in [2.75, 3.05) is 24.6 Å². The van der Waals surface area contributed by atoms with E-state index in [-0.39, 0.29) is 48.1 Å². The highest BCUT2D eigenvalue weighted by atomic mass is 19.4. The Hall–Kier alpha value is -3.41. The molecule has 1 saturated carbocycles. The van der Waals surface area contributed by atoms with E-state index in [2.05, 4.69) is 23.8 Å². The summed E-state index contributed by atoms with van der Waals surface area (Å²) in [5.74, 6) is -1.85. The predicted molar refractivity (Wildman–Crippen MR) is 183 cm³/mol. The topological polar surface area (TPSA) is 71.4 Å². The summed E-state index contributed by atoms with van der Waals surface area (Å²) in [6.07, 6.45) is -1.64. The minimum atomic E-state index is -4.59. The number of pyridine rings is 1. The number of fused-ring (bicyclic) bond motifs is 1. The van der Waals surface area contributed by atoms with Crippen molar-refractivity contribution in [1.29, 1.82) is 0 Å². The fraction of sp³-hybridized carbons (Fsp3) is 0.615. The molecule has 0 bridgehead atoms. The molecule has 278 valence electrons. The Bertz CT molecular complexity index is 1640. The summed E-state index contributed by atoms with van der Waals surface area (Å²) in [6, 6.07) is 4.02. The smallest absolute Gasteiger partial charge is 0.416 e. The van der Waals surface area contributed by atoms with E-state index in [1.54, 1.807) is 12.4 Å². The van der Waals surface area contributed by atoms with Crippen molar-refractivity contribution in [3.63, 3.8) is 0 Å². The van der Waals surface area contributed by atoms with Crippen LogP contribution in [-0.2, 0) is 12.6 Å². The van der Waals surface area contributed by atoms with Crippen molar-refractivity contribution in [2.45, 2.75) is 122 Å². The minimum Gasteiger partial charge on any atom is -0.490 e. The van der Waals surface area contributed by atoms with Gasteiger partial charge in [0.05, 0.1) is 36.4 Å². The largest absolute Gasteiger partial charge is 0.490 e. The van der Waals surface area contributed by atoms with Gasteiger partial charge in [-0.05, 0) is 85.5 Å². The molecule has 1 aromatic carbocycles. The zero-order chi connectivity index (χ0) is 36.7. The molecule has 0 spiro atoms. The molecule has 1 aliphatic heterocycles. The van der Waals surface area contributed by atoms with Crippen LogP contribution in [0.1, 0.15) is 142 Å². The monoisotopic (exact) mass is 718 g/mol. The average molecular weight is 719 g/mol. The molecule has 12 heteroatoms. The third-order valence-electron chi connectivity index (χ3n) is 10.8. The van der Waals surface area contributed by atoms with Crippen LogP contribution in [0.25, 0.3) is 0 Å². The van der Waals surface area contributed by atoms with Crippen molar-refractivity contribution in [3.05, 3.63) is 75.9 Å². The first-order valence-corrected chi connectivity index (χ1v) is 18.1. The predicted octanol–water partition coefficient (Wildman–Crippen LogP) is 10.1. The van der Waals surface area contributed by atoms with E-state index in [1.165, 1.54) is 0 Å². The molecule has 3 heterocycles. The van der Waals surface area contributed by atoms with Gasteiger partial charge >= 0.3 is 6.18 Å². The van der Waals surface area contributed by atoms with Gasteiger partial charge in [0.1, 0.15) is 0 Å². The van der Waals surface area contributed by atoms with E-state index in [1.807, 2.05) is 18.7 Å². The number of benzene rings is 1. The van der Waals surface area contributed by atoms with Crippen LogP contribution in [0.15, 0.2) is 36.7 Å². The van der Waals surface area contributed by atoms with Crippen LogP contribution in [0.5, 0.6) is 5.75 Å². The van der Waals surface area contributed by atoms with E-state index >= 15 is 4.39 Å². The van der Waals surface area contributed by atoms with Gasteiger partial charge in [0.2, 0.25) is 11.9 Å². The number of rotatable bonds is 9. The molecule has 2 atom stereocenters. The molecule has 2 fully saturated rings. The second kappa shape index (κ2) is 14.5. The van der Waals surface area contributed by atoms with Crippen LogP contribution >= 0.6 is 0 Å². The highest BCUT2D eigenvalue weighted by Crippen LogP contribution is 2.52. The number of ether oxygens (including phenoxy) is 1. The number of halogens is 6. The number of aliphatic hydroxyl groups excluding tert-OH is 1. The standard InChI is InChI=1S/C39H48F6N4O2/c1-23(2)13-18-51-28-21-46-36(47-22-28)49-16-11-26(12-17-49)35-33(34(40)25-5-7-27(8-6-25)39(43,44)45)31(24-9-14-38(41,42)15-10-24)32-29(48-35)19-37(3,4)20-30(32)50/h5-8,21-24,26,30,34,50H,9-20H2,1-4H3/t30-,34-/m0/s1. The number of anilines is 1. The Morgan fingerprint density at radius 3 is 2.16 bits per heavy atom. The summed E-state index contributed by atoms with van der Waals surface area (Å²) in [5.41, 5.74) is 1.26. The van der Waals surface area contributed by atoms with Crippen LogP contribution in [0.3, 0.4) is 0 Å². The minimum absolute atomic E-state index is 0.0283. The summed E-state index contributed by atoms with van der Waals surface area (Å²) in [7, 11) is 0. The lowest BCUT2D eigenvalue weighted by Gasteiger charge is -2.41. The molecule has 3 aromatic rings. The Morgan fingerprint density at radius 1 is 0.941 bits per heavy atom. The van der Waals surface area contributed by atoms with Crippen LogP contribution < -0.4 is 9.64 Å². The van der Waals surface area contributed by atoms with Crippen LogP contribution in [0.4, 0.5) is 32.3 Å². The number of hydrogen-bond donors (Lipinski definition) is 1. The molecule has 6 rings (SSSR count). The molecular weight excluding hydrogens is 670 g/mol. The molecular formula is C39H48F6N4O2. The van der Waals surface area contributed by atoms with Crippen molar-refractivity contribution < 1.29 is 36.2 Å². The lowest BCUT2D eigenvalue weighted by atomic mass is 9.68. The molecule has 1 N–H and O–H groups in total. The van der Waals surface area contributed by atoms with E-state index in [0.29, 0.717) is 85.5 Å². The van der Waals surface area contributed by atoms with E-state index in [9.17, 15) is 27.1 Å². The maximum atomic E-state index is 17.2. The van der Waals surface area contributed by atoms with Gasteiger partial charge in [-0.25, -0.2) is 23.1 Å². The van der Waals surface area contributed by atoms with E-state index in [0.717, 1.165) is 30.7 Å². The zero-order valence-corrected chi connectivity index (χ0v) is 29.7. The Labute approximate surface area is 296 Å². The van der Waals surface area contributed by atoms with Gasteiger partial charge in [-0.3, -0.25) is 4.98 Å². The van der Waals surface area contributed by atoms with Gasteiger partial charge in [-0.2, -0.15) is 13.2 Å². The van der Waals surface area contributed by atoms with Gasteiger partial charge in [-0.15, -0.1) is 0 Å². The second-order valence-electron chi connectivity index (χ2n) is 15.9. The summed E-state index contributed by atoms with van der Waals surface area (Å²) in [6.45, 7) is 9.99. The zero-order valence-electron chi connectivity index (χ0n) is 29.7. The first-order chi connectivity index (χ1) is 24.0. The van der Waals surface area contributed by atoms with Crippen molar-refractivity contribution in [2.24, 2.45) is 11.3 Å². The summed E-state index contributed by atoms with van der Waals surface area (Å²) in [5, 5.41) is 11.6. The number of aromatic nitrogens is 3. The van der Waals surface area contributed by atoms with E-state index < -0.39 is 35.9 Å². The maximum Gasteiger partial charge on any atom is 0.416 e. The third kappa shape index (κ3) is 8.47. The highest BCUT2D eigenvalue weighted by molar-refractivity contribution is 5.51. The number of nitrogens with zero attached hydrogens (tertiary/aromatic N) is 4. The lowest BCUT2D eigenvalue weighted by Crippen LogP contribution is -2.36. The molecule has 0 amide bonds. The molecule has 0 radical (unpaired) electrons. The quantitative estimate of drug-likeness (QED) is 0.222. The summed E-state index contributed by atoms with van der Waals surface area (Å²) < 4.78 is 92.3. The van der Waals surface area contributed by atoms with Gasteiger partial charge in [0.25, 0.3) is 0 Å². The van der Waals surface area contributed by atoms with Crippen molar-refractivity contribution >= 4 is 5.95 Å². The molecule has 51 heavy (non-hydrogen) atoms. The van der Waals surface area contributed by atoms with Gasteiger partial charge in [0.15, 0.2) is 11.9 Å². The second-order valence-corrected chi connectivity index (χ2v) is 15.9. The number of alkyl halides is 6. The fourth-order valence-corrected chi connectivity index (χ4v) is 8.03. The summed E-state index contributed by atoms with van der Waals surface area (Å²) in [4.78, 5) is 16.2. The van der Waals surface area contributed by atoms with Crippen LogP contribution in [0.2, 0.25) is 0 Å². The average Bonchev–Trinajstić information content (AvgIpc) is 3.06. The maximum absolute atomic E-state index is 17.2. The highest BCUT2D eigenvalue weighted by Gasteiger charge is 2.44.